The predicted molar refractivity (Wildman–Crippen MR) is 162 cm³/mol. The van der Waals surface area contributed by atoms with Crippen LogP contribution in [0.25, 0.3) is 0 Å². The van der Waals surface area contributed by atoms with E-state index in [0.717, 1.165) is 62.5 Å². The number of esters is 1. The highest BCUT2D eigenvalue weighted by atomic mass is 35.5. The molecule has 2 amide bonds. The van der Waals surface area contributed by atoms with Gasteiger partial charge in [-0.15, -0.1) is 0 Å². The number of carbonyl (C=O) groups is 3. The highest BCUT2D eigenvalue weighted by molar-refractivity contribution is 6.30. The number of carbonyl (C=O) groups excluding carboxylic acids is 3. The Hall–Kier alpha value is -2.90. The molecule has 8 heteroatoms. The third-order valence-corrected chi connectivity index (χ3v) is 9.95. The van der Waals surface area contributed by atoms with Crippen LogP contribution in [0, 0.1) is 17.3 Å². The van der Waals surface area contributed by atoms with Crippen LogP contribution >= 0.6 is 11.6 Å². The van der Waals surface area contributed by atoms with E-state index in [1.54, 1.807) is 29.2 Å². The van der Waals surface area contributed by atoms with E-state index in [9.17, 15) is 19.5 Å². The number of piperidine rings is 1. The number of benzene rings is 2. The van der Waals surface area contributed by atoms with Crippen molar-refractivity contribution >= 4 is 29.4 Å². The Morgan fingerprint density at radius 2 is 1.55 bits per heavy atom. The zero-order chi connectivity index (χ0) is 29.9. The van der Waals surface area contributed by atoms with E-state index in [0.29, 0.717) is 36.7 Å². The van der Waals surface area contributed by atoms with Gasteiger partial charge in [-0.3, -0.25) is 14.4 Å². The first-order chi connectivity index (χ1) is 20.1. The molecule has 0 bridgehead atoms. The standard InChI is InChI=1S/C34H43ClN2O5/c1-33(2)22-37(20-19-34(33,41)26-13-15-27(35)16-14-26)31(39)29(36-30(38)24-7-3-4-8-24)21-23-11-17-28(18-12-23)42-32(40)25-9-5-6-10-25/h11-18,24-25,29,41H,3-10,19-22H2,1-2H3,(H,36,38)/t29-,34+/m1/s1. The lowest BCUT2D eigenvalue weighted by Gasteiger charge is -2.51. The number of nitrogens with zero attached hydrogens (tertiary/aromatic N) is 1. The molecule has 0 spiro atoms. The smallest absolute Gasteiger partial charge is 0.314 e. The molecule has 0 aromatic heterocycles. The number of hydrogen-bond acceptors (Lipinski definition) is 5. The van der Waals surface area contributed by atoms with Crippen molar-refractivity contribution in [3.63, 3.8) is 0 Å². The van der Waals surface area contributed by atoms with Crippen LogP contribution in [0.1, 0.15) is 82.8 Å². The van der Waals surface area contributed by atoms with Crippen LogP contribution < -0.4 is 10.1 Å². The number of halogens is 1. The molecular weight excluding hydrogens is 552 g/mol. The molecule has 3 fully saturated rings. The number of nitrogens with one attached hydrogen (secondary N) is 1. The van der Waals surface area contributed by atoms with Crippen molar-refractivity contribution in [2.75, 3.05) is 13.1 Å². The third-order valence-electron chi connectivity index (χ3n) is 9.69. The fourth-order valence-corrected chi connectivity index (χ4v) is 7.09. The maximum absolute atomic E-state index is 14.0. The van der Waals surface area contributed by atoms with Gasteiger partial charge in [0.2, 0.25) is 11.8 Å². The highest BCUT2D eigenvalue weighted by Crippen LogP contribution is 2.46. The van der Waals surface area contributed by atoms with E-state index in [1.807, 2.05) is 38.1 Å². The van der Waals surface area contributed by atoms with Crippen molar-refractivity contribution < 1.29 is 24.2 Å². The lowest BCUT2D eigenvalue weighted by molar-refractivity contribution is -0.156. The molecule has 2 atom stereocenters. The van der Waals surface area contributed by atoms with E-state index in [4.69, 9.17) is 16.3 Å². The van der Waals surface area contributed by atoms with Crippen molar-refractivity contribution in [2.24, 2.45) is 17.3 Å². The second kappa shape index (κ2) is 12.8. The summed E-state index contributed by atoms with van der Waals surface area (Å²) in [4.78, 5) is 41.5. The zero-order valence-electron chi connectivity index (χ0n) is 24.7. The van der Waals surface area contributed by atoms with Crippen LogP contribution in [0.4, 0.5) is 0 Å². The van der Waals surface area contributed by atoms with Crippen LogP contribution in [0.3, 0.4) is 0 Å². The number of ether oxygens (including phenoxy) is 1. The molecule has 1 aliphatic heterocycles. The summed E-state index contributed by atoms with van der Waals surface area (Å²) < 4.78 is 5.60. The SMILES string of the molecule is CC1(C)CN(C(=O)[C@@H](Cc2ccc(OC(=O)C3CCCC3)cc2)NC(=O)C2CCCC2)CC[C@]1(O)c1ccc(Cl)cc1. The van der Waals surface area contributed by atoms with Crippen molar-refractivity contribution in [3.05, 3.63) is 64.7 Å². The van der Waals surface area contributed by atoms with E-state index in [-0.39, 0.29) is 29.6 Å². The number of aliphatic hydroxyl groups is 1. The summed E-state index contributed by atoms with van der Waals surface area (Å²) in [5.74, 6) is 0.0106. The summed E-state index contributed by atoms with van der Waals surface area (Å²) in [7, 11) is 0. The van der Waals surface area contributed by atoms with Gasteiger partial charge in [-0.2, -0.15) is 0 Å². The number of hydrogen-bond donors (Lipinski definition) is 2. The van der Waals surface area contributed by atoms with Gasteiger partial charge in [0.15, 0.2) is 0 Å². The van der Waals surface area contributed by atoms with Crippen molar-refractivity contribution in [1.82, 2.24) is 10.2 Å². The fourth-order valence-electron chi connectivity index (χ4n) is 6.96. The first-order valence-corrected chi connectivity index (χ1v) is 15.8. The molecule has 2 N–H and O–H groups in total. The van der Waals surface area contributed by atoms with Crippen LogP contribution in [-0.4, -0.2) is 46.9 Å². The van der Waals surface area contributed by atoms with E-state index in [2.05, 4.69) is 5.32 Å². The van der Waals surface area contributed by atoms with Crippen LogP contribution in [0.15, 0.2) is 48.5 Å². The summed E-state index contributed by atoms with van der Waals surface area (Å²) in [6.45, 7) is 4.65. The average molecular weight is 595 g/mol. The topological polar surface area (TPSA) is 95.9 Å². The Balaban J connectivity index is 1.30. The van der Waals surface area contributed by atoms with Crippen LogP contribution in [0.2, 0.25) is 5.02 Å². The lowest BCUT2D eigenvalue weighted by atomic mass is 9.66. The van der Waals surface area contributed by atoms with Gasteiger partial charge in [-0.25, -0.2) is 0 Å². The summed E-state index contributed by atoms with van der Waals surface area (Å²) in [5, 5.41) is 15.5. The van der Waals surface area contributed by atoms with Gasteiger partial charge in [0.05, 0.1) is 11.5 Å². The molecule has 2 aromatic rings. The lowest BCUT2D eigenvalue weighted by Crippen LogP contribution is -2.60. The molecule has 2 aliphatic carbocycles. The van der Waals surface area contributed by atoms with Gasteiger partial charge in [0.1, 0.15) is 11.8 Å². The fraction of sp³-hybridized carbons (Fsp3) is 0.559. The number of amides is 2. The molecular formula is C34H43ClN2O5. The van der Waals surface area contributed by atoms with E-state index in [1.165, 1.54) is 0 Å². The van der Waals surface area contributed by atoms with Gasteiger partial charge in [0.25, 0.3) is 0 Å². The van der Waals surface area contributed by atoms with Gasteiger partial charge in [0, 0.05) is 35.9 Å². The summed E-state index contributed by atoms with van der Waals surface area (Å²) >= 11 is 6.09. The molecule has 5 rings (SSSR count). The summed E-state index contributed by atoms with van der Waals surface area (Å²) in [6, 6.07) is 13.8. The summed E-state index contributed by atoms with van der Waals surface area (Å²) in [6.07, 6.45) is 8.34. The van der Waals surface area contributed by atoms with E-state index < -0.39 is 17.1 Å². The maximum Gasteiger partial charge on any atom is 0.314 e. The highest BCUT2D eigenvalue weighted by Gasteiger charge is 2.50. The molecule has 42 heavy (non-hydrogen) atoms. The van der Waals surface area contributed by atoms with Crippen molar-refractivity contribution in [2.45, 2.75) is 89.7 Å². The molecule has 0 unspecified atom stereocenters. The molecule has 226 valence electrons. The first kappa shape index (κ1) is 30.6. The average Bonchev–Trinajstić information content (AvgIpc) is 3.70. The van der Waals surface area contributed by atoms with Crippen LogP contribution in [0.5, 0.6) is 5.75 Å². The molecule has 2 saturated carbocycles. The molecule has 1 heterocycles. The van der Waals surface area contributed by atoms with Gasteiger partial charge in [-0.05, 0) is 67.5 Å². The second-order valence-corrected chi connectivity index (χ2v) is 13.5. The first-order valence-electron chi connectivity index (χ1n) is 15.4. The Labute approximate surface area is 254 Å². The number of likely N-dealkylation sites (tertiary alicyclic amines) is 1. The van der Waals surface area contributed by atoms with Crippen molar-refractivity contribution in [3.8, 4) is 5.75 Å². The summed E-state index contributed by atoms with van der Waals surface area (Å²) in [5.41, 5.74) is -0.110. The monoisotopic (exact) mass is 594 g/mol. The Kier molecular flexibility index (Phi) is 9.28. The Bertz CT molecular complexity index is 1270. The normalized spacial score (nSPS) is 23.5. The maximum atomic E-state index is 14.0. The van der Waals surface area contributed by atoms with Gasteiger partial charge in [-0.1, -0.05) is 75.4 Å². The minimum Gasteiger partial charge on any atom is -0.426 e. The quantitative estimate of drug-likeness (QED) is 0.297. The molecule has 2 aromatic carbocycles. The van der Waals surface area contributed by atoms with Gasteiger partial charge >= 0.3 is 5.97 Å². The predicted octanol–water partition coefficient (Wildman–Crippen LogP) is 5.80. The third kappa shape index (κ3) is 6.68. The Morgan fingerprint density at radius 1 is 0.952 bits per heavy atom. The van der Waals surface area contributed by atoms with Crippen LogP contribution in [-0.2, 0) is 26.4 Å². The van der Waals surface area contributed by atoms with E-state index >= 15 is 0 Å². The minimum atomic E-state index is -1.12. The second-order valence-electron chi connectivity index (χ2n) is 13.1. The number of rotatable bonds is 8. The van der Waals surface area contributed by atoms with Crippen molar-refractivity contribution in [1.29, 1.82) is 0 Å². The largest absolute Gasteiger partial charge is 0.426 e. The Morgan fingerprint density at radius 3 is 2.14 bits per heavy atom. The molecule has 3 aliphatic rings. The molecule has 0 radical (unpaired) electrons. The van der Waals surface area contributed by atoms with Gasteiger partial charge < -0.3 is 20.1 Å². The molecule has 1 saturated heterocycles. The zero-order valence-corrected chi connectivity index (χ0v) is 25.5. The minimum absolute atomic E-state index is 0.0244. The molecule has 7 nitrogen and oxygen atoms in total.